The summed E-state index contributed by atoms with van der Waals surface area (Å²) in [5, 5.41) is 12.7. The third-order valence-electron chi connectivity index (χ3n) is 4.32. The van der Waals surface area contributed by atoms with E-state index < -0.39 is 0 Å². The van der Waals surface area contributed by atoms with Crippen molar-refractivity contribution in [1.29, 1.82) is 0 Å². The van der Waals surface area contributed by atoms with Crippen LogP contribution < -0.4 is 14.8 Å². The lowest BCUT2D eigenvalue weighted by Crippen LogP contribution is -2.16. The molecule has 0 fully saturated rings. The van der Waals surface area contributed by atoms with Crippen LogP contribution >= 0.6 is 0 Å². The van der Waals surface area contributed by atoms with Crippen molar-refractivity contribution in [2.24, 2.45) is 0 Å². The number of phenols is 1. The van der Waals surface area contributed by atoms with Gasteiger partial charge in [0.05, 0.1) is 7.11 Å². The quantitative estimate of drug-likeness (QED) is 0.556. The summed E-state index contributed by atoms with van der Waals surface area (Å²) in [6.07, 6.45) is 0.912. The maximum atomic E-state index is 9.31. The summed E-state index contributed by atoms with van der Waals surface area (Å²) in [4.78, 5) is 0. The van der Waals surface area contributed by atoms with Gasteiger partial charge in [0.15, 0.2) is 11.5 Å². The van der Waals surface area contributed by atoms with Crippen LogP contribution in [0.2, 0.25) is 0 Å². The SMILES string of the molecule is COc1cc(CNCCc2ccc(O)cc2)ccc1OCc1ccccc1. The van der Waals surface area contributed by atoms with E-state index in [1.165, 1.54) is 5.56 Å². The molecule has 0 amide bonds. The molecule has 0 aromatic heterocycles. The number of hydrogen-bond acceptors (Lipinski definition) is 4. The van der Waals surface area contributed by atoms with Crippen LogP contribution in [0.25, 0.3) is 0 Å². The third-order valence-corrected chi connectivity index (χ3v) is 4.32. The molecule has 0 aliphatic heterocycles. The Morgan fingerprint density at radius 1 is 0.815 bits per heavy atom. The van der Waals surface area contributed by atoms with Gasteiger partial charge in [-0.25, -0.2) is 0 Å². The summed E-state index contributed by atoms with van der Waals surface area (Å²) < 4.78 is 11.4. The lowest BCUT2D eigenvalue weighted by molar-refractivity contribution is 0.284. The van der Waals surface area contributed by atoms with E-state index in [2.05, 4.69) is 11.4 Å². The van der Waals surface area contributed by atoms with Crippen molar-refractivity contribution in [2.45, 2.75) is 19.6 Å². The lowest BCUT2D eigenvalue weighted by atomic mass is 10.1. The molecule has 2 N–H and O–H groups in total. The molecule has 27 heavy (non-hydrogen) atoms. The molecule has 0 saturated carbocycles. The minimum Gasteiger partial charge on any atom is -0.508 e. The number of rotatable bonds is 9. The van der Waals surface area contributed by atoms with Gasteiger partial charge >= 0.3 is 0 Å². The molecule has 0 aliphatic rings. The minimum atomic E-state index is 0.299. The van der Waals surface area contributed by atoms with Crippen LogP contribution in [0, 0.1) is 0 Å². The number of methoxy groups -OCH3 is 1. The molecule has 0 radical (unpaired) electrons. The Labute approximate surface area is 160 Å². The Kier molecular flexibility index (Phi) is 6.72. The highest BCUT2D eigenvalue weighted by atomic mass is 16.5. The van der Waals surface area contributed by atoms with E-state index in [9.17, 15) is 5.11 Å². The summed E-state index contributed by atoms with van der Waals surface area (Å²) in [6.45, 7) is 2.13. The Morgan fingerprint density at radius 3 is 2.30 bits per heavy atom. The zero-order valence-electron chi connectivity index (χ0n) is 15.5. The molecule has 0 aliphatic carbocycles. The Morgan fingerprint density at radius 2 is 1.56 bits per heavy atom. The number of nitrogens with one attached hydrogen (secondary N) is 1. The summed E-state index contributed by atoms with van der Waals surface area (Å²) >= 11 is 0. The van der Waals surface area contributed by atoms with Gasteiger partial charge < -0.3 is 19.9 Å². The van der Waals surface area contributed by atoms with Gasteiger partial charge in [0.2, 0.25) is 0 Å². The molecule has 3 aromatic carbocycles. The van der Waals surface area contributed by atoms with Gasteiger partial charge in [0, 0.05) is 6.54 Å². The number of aromatic hydroxyl groups is 1. The molecule has 0 unspecified atom stereocenters. The van der Waals surface area contributed by atoms with E-state index in [1.807, 2.05) is 54.6 Å². The normalized spacial score (nSPS) is 10.6. The van der Waals surface area contributed by atoms with Gasteiger partial charge in [-0.3, -0.25) is 0 Å². The number of phenolic OH excluding ortho intramolecular Hbond substituents is 1. The summed E-state index contributed by atoms with van der Waals surface area (Å²) in [5.41, 5.74) is 3.46. The fourth-order valence-corrected chi connectivity index (χ4v) is 2.80. The van der Waals surface area contributed by atoms with Crippen LogP contribution in [-0.4, -0.2) is 18.8 Å². The van der Waals surface area contributed by atoms with E-state index in [4.69, 9.17) is 9.47 Å². The Balaban J connectivity index is 1.50. The highest BCUT2D eigenvalue weighted by Gasteiger charge is 2.06. The standard InChI is InChI=1S/C23H25NO3/c1-26-23-15-20(16-24-14-13-18-7-10-21(25)11-8-18)9-12-22(23)27-17-19-5-3-2-4-6-19/h2-12,15,24-25H,13-14,16-17H2,1H3. The minimum absolute atomic E-state index is 0.299. The second-order valence-electron chi connectivity index (χ2n) is 6.35. The molecule has 0 saturated heterocycles. The van der Waals surface area contributed by atoms with Crippen molar-refractivity contribution in [2.75, 3.05) is 13.7 Å². The van der Waals surface area contributed by atoms with Gasteiger partial charge in [-0.1, -0.05) is 48.5 Å². The van der Waals surface area contributed by atoms with Crippen molar-refractivity contribution < 1.29 is 14.6 Å². The Bertz CT molecular complexity index is 832. The van der Waals surface area contributed by atoms with Gasteiger partial charge in [-0.05, 0) is 53.9 Å². The number of ether oxygens (including phenoxy) is 2. The van der Waals surface area contributed by atoms with Crippen molar-refractivity contribution in [3.63, 3.8) is 0 Å². The van der Waals surface area contributed by atoms with Gasteiger partial charge in [-0.2, -0.15) is 0 Å². The molecule has 3 rings (SSSR count). The largest absolute Gasteiger partial charge is 0.508 e. The van der Waals surface area contributed by atoms with Crippen LogP contribution in [0.1, 0.15) is 16.7 Å². The first-order valence-electron chi connectivity index (χ1n) is 9.07. The molecule has 0 bridgehead atoms. The molecule has 0 atom stereocenters. The van der Waals surface area contributed by atoms with E-state index >= 15 is 0 Å². The maximum Gasteiger partial charge on any atom is 0.161 e. The fourth-order valence-electron chi connectivity index (χ4n) is 2.80. The fraction of sp³-hybridized carbons (Fsp3) is 0.217. The van der Waals surface area contributed by atoms with Gasteiger partial charge in [-0.15, -0.1) is 0 Å². The summed E-state index contributed by atoms with van der Waals surface area (Å²) in [5.74, 6) is 1.78. The third kappa shape index (κ3) is 5.76. The van der Waals surface area contributed by atoms with Crippen LogP contribution in [0.3, 0.4) is 0 Å². The van der Waals surface area contributed by atoms with Gasteiger partial charge in [0.25, 0.3) is 0 Å². The van der Waals surface area contributed by atoms with Crippen molar-refractivity contribution in [1.82, 2.24) is 5.32 Å². The highest BCUT2D eigenvalue weighted by molar-refractivity contribution is 5.43. The van der Waals surface area contributed by atoms with Crippen LogP contribution in [0.5, 0.6) is 17.2 Å². The molecular weight excluding hydrogens is 338 g/mol. The molecular formula is C23H25NO3. The zero-order valence-corrected chi connectivity index (χ0v) is 15.5. The highest BCUT2D eigenvalue weighted by Crippen LogP contribution is 2.28. The van der Waals surface area contributed by atoms with Crippen molar-refractivity contribution in [3.05, 3.63) is 89.5 Å². The van der Waals surface area contributed by atoms with E-state index in [1.54, 1.807) is 19.2 Å². The molecule has 0 heterocycles. The number of benzene rings is 3. The lowest BCUT2D eigenvalue weighted by Gasteiger charge is -2.13. The van der Waals surface area contributed by atoms with E-state index in [0.29, 0.717) is 12.4 Å². The average Bonchev–Trinajstić information content (AvgIpc) is 2.72. The van der Waals surface area contributed by atoms with Crippen LogP contribution in [0.4, 0.5) is 0 Å². The Hall–Kier alpha value is -2.98. The molecule has 140 valence electrons. The monoisotopic (exact) mass is 363 g/mol. The summed E-state index contributed by atoms with van der Waals surface area (Å²) in [7, 11) is 1.66. The number of hydrogen-bond donors (Lipinski definition) is 2. The van der Waals surface area contributed by atoms with Crippen molar-refractivity contribution in [3.8, 4) is 17.2 Å². The van der Waals surface area contributed by atoms with E-state index in [0.717, 1.165) is 42.1 Å². The van der Waals surface area contributed by atoms with Crippen LogP contribution in [-0.2, 0) is 19.6 Å². The predicted molar refractivity (Wildman–Crippen MR) is 107 cm³/mol. The summed E-state index contributed by atoms with van der Waals surface area (Å²) in [6, 6.07) is 23.4. The van der Waals surface area contributed by atoms with Gasteiger partial charge in [0.1, 0.15) is 12.4 Å². The molecule has 0 spiro atoms. The predicted octanol–water partition coefficient (Wildman–Crippen LogP) is 4.31. The average molecular weight is 363 g/mol. The maximum absolute atomic E-state index is 9.31. The first-order valence-corrected chi connectivity index (χ1v) is 9.07. The molecule has 4 heteroatoms. The molecule has 3 aromatic rings. The second kappa shape index (κ2) is 9.64. The first kappa shape index (κ1) is 18.8. The topological polar surface area (TPSA) is 50.7 Å². The molecule has 4 nitrogen and oxygen atoms in total. The smallest absolute Gasteiger partial charge is 0.161 e. The van der Waals surface area contributed by atoms with E-state index in [-0.39, 0.29) is 0 Å². The van der Waals surface area contributed by atoms with Crippen LogP contribution in [0.15, 0.2) is 72.8 Å². The first-order chi connectivity index (χ1) is 13.2. The second-order valence-corrected chi connectivity index (χ2v) is 6.35. The van der Waals surface area contributed by atoms with Crippen molar-refractivity contribution >= 4 is 0 Å². The zero-order chi connectivity index (χ0) is 18.9.